The molecule has 0 spiro atoms. The number of hydrogen-bond donors (Lipinski definition) is 1. The molecule has 22 heavy (non-hydrogen) atoms. The molecule has 0 amide bonds. The molecule has 4 aromatic heterocycles. The van der Waals surface area contributed by atoms with E-state index < -0.39 is 0 Å². The first-order valence-electron chi connectivity index (χ1n) is 7.32. The van der Waals surface area contributed by atoms with Crippen molar-refractivity contribution < 1.29 is 4.79 Å². The summed E-state index contributed by atoms with van der Waals surface area (Å²) in [6.45, 7) is 2.98. The van der Waals surface area contributed by atoms with Crippen LogP contribution in [-0.4, -0.2) is 20.3 Å². The highest BCUT2D eigenvalue weighted by atomic mass is 32.1. The average Bonchev–Trinajstić information content (AvgIpc) is 3.22. The number of pyridine rings is 1. The van der Waals surface area contributed by atoms with Gasteiger partial charge in [-0.05, 0) is 30.0 Å². The van der Waals surface area contributed by atoms with Crippen molar-refractivity contribution in [1.29, 1.82) is 0 Å². The van der Waals surface area contributed by atoms with E-state index in [1.807, 2.05) is 12.1 Å². The smallest absolute Gasteiger partial charge is 0.211 e. The monoisotopic (exact) mass is 309 g/mol. The van der Waals surface area contributed by atoms with Crippen LogP contribution in [0.4, 0.5) is 0 Å². The van der Waals surface area contributed by atoms with E-state index >= 15 is 0 Å². The largest absolute Gasteiger partial charge is 0.360 e. The zero-order chi connectivity index (χ0) is 15.1. The average molecular weight is 309 g/mol. The molecule has 0 saturated carbocycles. The second kappa shape index (κ2) is 5.10. The van der Waals surface area contributed by atoms with E-state index in [1.54, 1.807) is 29.9 Å². The first kappa shape index (κ1) is 13.3. The summed E-state index contributed by atoms with van der Waals surface area (Å²) in [4.78, 5) is 21.5. The van der Waals surface area contributed by atoms with Crippen LogP contribution in [0.2, 0.25) is 0 Å². The lowest BCUT2D eigenvalue weighted by molar-refractivity contribution is 0.103. The summed E-state index contributed by atoms with van der Waals surface area (Å²) in [6, 6.07) is 5.95. The van der Waals surface area contributed by atoms with Crippen LogP contribution in [0.25, 0.3) is 21.1 Å². The van der Waals surface area contributed by atoms with Gasteiger partial charge >= 0.3 is 0 Å². The maximum Gasteiger partial charge on any atom is 0.211 e. The van der Waals surface area contributed by atoms with Gasteiger partial charge in [0, 0.05) is 41.4 Å². The molecule has 5 heteroatoms. The van der Waals surface area contributed by atoms with E-state index in [1.165, 1.54) is 4.83 Å². The van der Waals surface area contributed by atoms with Crippen molar-refractivity contribution in [3.8, 4) is 0 Å². The number of aryl methyl sites for hydroxylation is 1. The Balaban J connectivity index is 1.89. The van der Waals surface area contributed by atoms with Crippen molar-refractivity contribution in [3.63, 3.8) is 0 Å². The Morgan fingerprint density at radius 3 is 3.18 bits per heavy atom. The Labute approximate surface area is 131 Å². The third-order valence-corrected chi connectivity index (χ3v) is 4.86. The molecular weight excluding hydrogens is 294 g/mol. The third-order valence-electron chi connectivity index (χ3n) is 3.91. The number of carbonyl (C=O) groups is 1. The Morgan fingerprint density at radius 1 is 1.41 bits per heavy atom. The van der Waals surface area contributed by atoms with E-state index in [9.17, 15) is 4.79 Å². The first-order valence-corrected chi connectivity index (χ1v) is 8.20. The lowest BCUT2D eigenvalue weighted by atomic mass is 10.1. The van der Waals surface area contributed by atoms with Crippen LogP contribution in [0.1, 0.15) is 29.4 Å². The van der Waals surface area contributed by atoms with E-state index in [-0.39, 0.29) is 5.78 Å². The van der Waals surface area contributed by atoms with Crippen LogP contribution >= 0.6 is 11.3 Å². The quantitative estimate of drug-likeness (QED) is 0.574. The zero-order valence-electron chi connectivity index (χ0n) is 12.2. The lowest BCUT2D eigenvalue weighted by Crippen LogP contribution is -2.09. The van der Waals surface area contributed by atoms with Crippen LogP contribution in [0.15, 0.2) is 42.2 Å². The van der Waals surface area contributed by atoms with E-state index in [0.29, 0.717) is 5.56 Å². The SMILES string of the molecule is CCCn1c(C(=O)c2c[nH]c3ccncc23)cc2ccsc21. The minimum absolute atomic E-state index is 0.0519. The maximum absolute atomic E-state index is 13.0. The number of aromatic amines is 1. The summed E-state index contributed by atoms with van der Waals surface area (Å²) in [5, 5.41) is 4.08. The molecule has 110 valence electrons. The molecule has 0 aliphatic heterocycles. The summed E-state index contributed by atoms with van der Waals surface area (Å²) in [6.07, 6.45) is 6.25. The van der Waals surface area contributed by atoms with E-state index in [4.69, 9.17) is 0 Å². The van der Waals surface area contributed by atoms with E-state index in [2.05, 4.69) is 32.9 Å². The van der Waals surface area contributed by atoms with Gasteiger partial charge in [0.1, 0.15) is 4.83 Å². The zero-order valence-corrected chi connectivity index (χ0v) is 13.0. The number of H-pyrrole nitrogens is 1. The summed E-state index contributed by atoms with van der Waals surface area (Å²) < 4.78 is 2.14. The number of nitrogens with one attached hydrogen (secondary N) is 1. The fourth-order valence-electron chi connectivity index (χ4n) is 2.90. The summed E-state index contributed by atoms with van der Waals surface area (Å²) in [5.41, 5.74) is 2.38. The lowest BCUT2D eigenvalue weighted by Gasteiger charge is -2.07. The van der Waals surface area contributed by atoms with Crippen LogP contribution < -0.4 is 0 Å². The Kier molecular flexibility index (Phi) is 3.08. The van der Waals surface area contributed by atoms with Crippen LogP contribution in [0.3, 0.4) is 0 Å². The van der Waals surface area contributed by atoms with Gasteiger partial charge in [0.2, 0.25) is 5.78 Å². The van der Waals surface area contributed by atoms with E-state index in [0.717, 1.165) is 34.9 Å². The van der Waals surface area contributed by atoms with Crippen molar-refractivity contribution in [2.45, 2.75) is 19.9 Å². The van der Waals surface area contributed by atoms with Crippen molar-refractivity contribution in [2.75, 3.05) is 0 Å². The highest BCUT2D eigenvalue weighted by Gasteiger charge is 2.20. The molecule has 0 aliphatic carbocycles. The third kappa shape index (κ3) is 1.89. The Hall–Kier alpha value is -2.40. The van der Waals surface area contributed by atoms with Gasteiger partial charge in [-0.15, -0.1) is 11.3 Å². The van der Waals surface area contributed by atoms with Crippen molar-refractivity contribution in [2.24, 2.45) is 0 Å². The molecule has 0 radical (unpaired) electrons. The molecule has 4 heterocycles. The van der Waals surface area contributed by atoms with Crippen LogP contribution in [0.5, 0.6) is 0 Å². The predicted molar refractivity (Wildman–Crippen MR) is 89.6 cm³/mol. The van der Waals surface area contributed by atoms with Crippen LogP contribution in [-0.2, 0) is 6.54 Å². The number of rotatable bonds is 4. The molecule has 4 rings (SSSR count). The van der Waals surface area contributed by atoms with Gasteiger partial charge in [0.25, 0.3) is 0 Å². The molecular formula is C17H15N3OS. The summed E-state index contributed by atoms with van der Waals surface area (Å²) in [7, 11) is 0. The first-order chi connectivity index (χ1) is 10.8. The minimum atomic E-state index is 0.0519. The number of nitrogens with zero attached hydrogens (tertiary/aromatic N) is 2. The van der Waals surface area contributed by atoms with Gasteiger partial charge in [-0.3, -0.25) is 9.78 Å². The van der Waals surface area contributed by atoms with Gasteiger partial charge in [-0.1, -0.05) is 6.92 Å². The summed E-state index contributed by atoms with van der Waals surface area (Å²) >= 11 is 1.68. The maximum atomic E-state index is 13.0. The number of aromatic nitrogens is 3. The topological polar surface area (TPSA) is 50.7 Å². The fraction of sp³-hybridized carbons (Fsp3) is 0.176. The second-order valence-corrected chi connectivity index (χ2v) is 6.21. The molecule has 0 aliphatic rings. The number of ketones is 1. The van der Waals surface area contributed by atoms with Crippen molar-refractivity contribution in [3.05, 3.63) is 53.4 Å². The molecule has 0 saturated heterocycles. The van der Waals surface area contributed by atoms with Gasteiger partial charge in [0.15, 0.2) is 0 Å². The number of hydrogen-bond acceptors (Lipinski definition) is 3. The van der Waals surface area contributed by atoms with Gasteiger partial charge in [-0.2, -0.15) is 0 Å². The summed E-state index contributed by atoms with van der Waals surface area (Å²) in [5.74, 6) is 0.0519. The van der Waals surface area contributed by atoms with Gasteiger partial charge in [-0.25, -0.2) is 0 Å². The minimum Gasteiger partial charge on any atom is -0.360 e. The highest BCUT2D eigenvalue weighted by molar-refractivity contribution is 7.16. The van der Waals surface area contributed by atoms with Crippen LogP contribution in [0, 0.1) is 0 Å². The number of fused-ring (bicyclic) bond motifs is 2. The van der Waals surface area contributed by atoms with Crippen molar-refractivity contribution >= 4 is 38.2 Å². The molecule has 1 N–H and O–H groups in total. The highest BCUT2D eigenvalue weighted by Crippen LogP contribution is 2.28. The van der Waals surface area contributed by atoms with Crippen molar-refractivity contribution in [1.82, 2.24) is 14.5 Å². The molecule has 0 unspecified atom stereocenters. The number of thiophene rings is 1. The molecule has 0 aromatic carbocycles. The standard InChI is InChI=1S/C17H15N3OS/c1-2-6-20-15(8-11-4-7-22-17(11)20)16(21)13-10-19-14-3-5-18-9-12(13)14/h3-5,7-10,19H,2,6H2,1H3. The Bertz CT molecular complexity index is 976. The normalized spacial score (nSPS) is 11.5. The molecule has 0 bridgehead atoms. The molecule has 0 fully saturated rings. The Morgan fingerprint density at radius 2 is 2.32 bits per heavy atom. The van der Waals surface area contributed by atoms with Gasteiger partial charge < -0.3 is 9.55 Å². The number of carbonyl (C=O) groups excluding carboxylic acids is 1. The molecule has 4 aromatic rings. The fourth-order valence-corrected chi connectivity index (χ4v) is 3.82. The predicted octanol–water partition coefficient (Wildman–Crippen LogP) is 4.22. The molecule has 4 nitrogen and oxygen atoms in total. The molecule has 0 atom stereocenters. The second-order valence-electron chi connectivity index (χ2n) is 5.32. The van der Waals surface area contributed by atoms with Gasteiger partial charge in [0.05, 0.1) is 11.3 Å².